The lowest BCUT2D eigenvalue weighted by Gasteiger charge is -2.31. The average Bonchev–Trinajstić information content (AvgIpc) is 2.57. The van der Waals surface area contributed by atoms with Crippen LogP contribution in [0.1, 0.15) is 24.5 Å². The molecule has 1 aliphatic rings. The van der Waals surface area contributed by atoms with Gasteiger partial charge in [-0.2, -0.15) is 11.8 Å². The van der Waals surface area contributed by atoms with Crippen LogP contribution in [-0.2, 0) is 27.4 Å². The average molecular weight is 350 g/mol. The Morgan fingerprint density at radius 3 is 2.75 bits per heavy atom. The van der Waals surface area contributed by atoms with Gasteiger partial charge in [0.2, 0.25) is 11.8 Å². The van der Waals surface area contributed by atoms with Crippen LogP contribution in [0.5, 0.6) is 0 Å². The van der Waals surface area contributed by atoms with Gasteiger partial charge in [-0.15, -0.1) is 0 Å². The van der Waals surface area contributed by atoms with Crippen molar-refractivity contribution in [3.63, 3.8) is 0 Å². The molecule has 0 spiro atoms. The number of hydrogen-bond donors (Lipinski definition) is 1. The van der Waals surface area contributed by atoms with Gasteiger partial charge in [-0.1, -0.05) is 24.3 Å². The third-order valence-corrected chi connectivity index (χ3v) is 4.82. The molecule has 1 aliphatic heterocycles. The van der Waals surface area contributed by atoms with Crippen LogP contribution in [0.4, 0.5) is 0 Å². The summed E-state index contributed by atoms with van der Waals surface area (Å²) >= 11 is 1.67. The van der Waals surface area contributed by atoms with Crippen molar-refractivity contribution in [2.24, 2.45) is 0 Å². The van der Waals surface area contributed by atoms with Gasteiger partial charge in [-0.25, -0.2) is 0 Å². The summed E-state index contributed by atoms with van der Waals surface area (Å²) in [7, 11) is 1.78. The van der Waals surface area contributed by atoms with Gasteiger partial charge in [0.25, 0.3) is 0 Å². The summed E-state index contributed by atoms with van der Waals surface area (Å²) in [6.45, 7) is 2.56. The zero-order valence-corrected chi connectivity index (χ0v) is 15.4. The Hall–Kier alpha value is -1.53. The highest BCUT2D eigenvalue weighted by Crippen LogP contribution is 2.21. The second-order valence-corrected chi connectivity index (χ2v) is 7.14. The van der Waals surface area contributed by atoms with Crippen LogP contribution in [0.2, 0.25) is 0 Å². The first-order valence-electron chi connectivity index (χ1n) is 8.20. The topological polar surface area (TPSA) is 58.6 Å². The Morgan fingerprint density at radius 1 is 1.38 bits per heavy atom. The summed E-state index contributed by atoms with van der Waals surface area (Å²) in [6, 6.07) is 7.78. The largest absolute Gasteiger partial charge is 0.371 e. The molecule has 2 unspecified atom stereocenters. The van der Waals surface area contributed by atoms with E-state index < -0.39 is 6.04 Å². The predicted octanol–water partition coefficient (Wildman–Crippen LogP) is 1.84. The van der Waals surface area contributed by atoms with Crippen molar-refractivity contribution in [1.82, 2.24) is 10.2 Å². The van der Waals surface area contributed by atoms with Crippen LogP contribution < -0.4 is 5.32 Å². The SMILES string of the molecule is CSCCC(NC(C)=O)C(=O)N(C)CC1Cc2ccccc2CO1. The van der Waals surface area contributed by atoms with Gasteiger partial charge in [0.1, 0.15) is 6.04 Å². The Morgan fingerprint density at radius 2 is 2.08 bits per heavy atom. The lowest BCUT2D eigenvalue weighted by Crippen LogP contribution is -2.49. The molecule has 0 bridgehead atoms. The van der Waals surface area contributed by atoms with E-state index in [1.807, 2.05) is 18.4 Å². The molecule has 2 rings (SSSR count). The number of carbonyl (C=O) groups is 2. The van der Waals surface area contributed by atoms with Crippen LogP contribution >= 0.6 is 11.8 Å². The van der Waals surface area contributed by atoms with Gasteiger partial charge in [0, 0.05) is 26.9 Å². The zero-order valence-electron chi connectivity index (χ0n) is 14.6. The van der Waals surface area contributed by atoms with Crippen molar-refractivity contribution < 1.29 is 14.3 Å². The van der Waals surface area contributed by atoms with Crippen molar-refractivity contribution in [3.8, 4) is 0 Å². The fourth-order valence-electron chi connectivity index (χ4n) is 2.93. The van der Waals surface area contributed by atoms with Gasteiger partial charge in [-0.3, -0.25) is 9.59 Å². The molecule has 1 aromatic rings. The van der Waals surface area contributed by atoms with Crippen LogP contribution in [0, 0.1) is 0 Å². The summed E-state index contributed by atoms with van der Waals surface area (Å²) < 4.78 is 5.88. The van der Waals surface area contributed by atoms with Crippen LogP contribution in [-0.4, -0.2) is 54.5 Å². The first-order valence-corrected chi connectivity index (χ1v) is 9.60. The molecular weight excluding hydrogens is 324 g/mol. The van der Waals surface area contributed by atoms with Gasteiger partial charge >= 0.3 is 0 Å². The lowest BCUT2D eigenvalue weighted by atomic mass is 9.99. The molecule has 24 heavy (non-hydrogen) atoms. The molecule has 0 fully saturated rings. The first kappa shape index (κ1) is 18.8. The molecule has 0 saturated carbocycles. The molecule has 1 heterocycles. The van der Waals surface area contributed by atoms with Crippen molar-refractivity contribution in [3.05, 3.63) is 35.4 Å². The molecule has 132 valence electrons. The summed E-state index contributed by atoms with van der Waals surface area (Å²) in [5.74, 6) is 0.602. The maximum Gasteiger partial charge on any atom is 0.245 e. The maximum atomic E-state index is 12.7. The van der Waals surface area contributed by atoms with E-state index in [2.05, 4.69) is 17.4 Å². The van der Waals surface area contributed by atoms with E-state index in [4.69, 9.17) is 4.74 Å². The number of hydrogen-bond acceptors (Lipinski definition) is 4. The molecule has 0 saturated heterocycles. The van der Waals surface area contributed by atoms with E-state index in [0.29, 0.717) is 19.6 Å². The second-order valence-electron chi connectivity index (χ2n) is 6.16. The quantitative estimate of drug-likeness (QED) is 0.815. The minimum Gasteiger partial charge on any atom is -0.371 e. The molecule has 1 N–H and O–H groups in total. The number of ether oxygens (including phenoxy) is 1. The fraction of sp³-hybridized carbons (Fsp3) is 0.556. The number of rotatable bonds is 7. The summed E-state index contributed by atoms with van der Waals surface area (Å²) in [6.07, 6.45) is 3.43. The first-order chi connectivity index (χ1) is 11.5. The van der Waals surface area contributed by atoms with Crippen LogP contribution in [0.15, 0.2) is 24.3 Å². The Kier molecular flexibility index (Phi) is 7.12. The third-order valence-electron chi connectivity index (χ3n) is 4.18. The van der Waals surface area contributed by atoms with Gasteiger partial charge in [0.05, 0.1) is 12.7 Å². The van der Waals surface area contributed by atoms with Gasteiger partial charge in [0.15, 0.2) is 0 Å². The number of amides is 2. The molecule has 1 aromatic carbocycles. The van der Waals surface area contributed by atoms with E-state index in [1.54, 1.807) is 23.7 Å². The van der Waals surface area contributed by atoms with Crippen molar-refractivity contribution in [2.45, 2.75) is 38.5 Å². The monoisotopic (exact) mass is 350 g/mol. The highest BCUT2D eigenvalue weighted by Gasteiger charge is 2.26. The van der Waals surface area contributed by atoms with E-state index in [0.717, 1.165) is 12.2 Å². The van der Waals surface area contributed by atoms with E-state index in [9.17, 15) is 9.59 Å². The number of fused-ring (bicyclic) bond motifs is 1. The molecule has 0 aliphatic carbocycles. The standard InChI is InChI=1S/C18H26N2O3S/c1-13(21)19-17(8-9-24-3)18(22)20(2)11-16-10-14-6-4-5-7-15(14)12-23-16/h4-7,16-17H,8-12H2,1-3H3,(H,19,21). The molecule has 6 heteroatoms. The summed E-state index contributed by atoms with van der Waals surface area (Å²) in [5, 5.41) is 2.76. The van der Waals surface area contributed by atoms with Crippen molar-refractivity contribution in [2.75, 3.05) is 25.6 Å². The number of benzene rings is 1. The van der Waals surface area contributed by atoms with E-state index >= 15 is 0 Å². The predicted molar refractivity (Wildman–Crippen MR) is 97.0 cm³/mol. The summed E-state index contributed by atoms with van der Waals surface area (Å²) in [5.41, 5.74) is 2.51. The molecule has 2 amide bonds. The number of likely N-dealkylation sites (N-methyl/N-ethyl adjacent to an activating group) is 1. The van der Waals surface area contributed by atoms with Gasteiger partial charge < -0.3 is 15.0 Å². The Labute approximate surface area is 148 Å². The fourth-order valence-corrected chi connectivity index (χ4v) is 3.40. The van der Waals surface area contributed by atoms with Gasteiger partial charge in [-0.05, 0) is 29.6 Å². The highest BCUT2D eigenvalue weighted by molar-refractivity contribution is 7.98. The third kappa shape index (κ3) is 5.24. The normalized spacial score (nSPS) is 17.7. The van der Waals surface area contributed by atoms with Crippen molar-refractivity contribution >= 4 is 23.6 Å². The number of nitrogens with zero attached hydrogens (tertiary/aromatic N) is 1. The molecule has 2 atom stereocenters. The Balaban J connectivity index is 1.93. The number of carbonyl (C=O) groups excluding carboxylic acids is 2. The lowest BCUT2D eigenvalue weighted by molar-refractivity contribution is -0.136. The minimum absolute atomic E-state index is 0.00706. The molecule has 0 aromatic heterocycles. The summed E-state index contributed by atoms with van der Waals surface area (Å²) in [4.78, 5) is 25.7. The van der Waals surface area contributed by atoms with E-state index in [-0.39, 0.29) is 17.9 Å². The number of thioether (sulfide) groups is 1. The van der Waals surface area contributed by atoms with Crippen LogP contribution in [0.3, 0.4) is 0 Å². The maximum absolute atomic E-state index is 12.7. The van der Waals surface area contributed by atoms with Crippen LogP contribution in [0.25, 0.3) is 0 Å². The minimum atomic E-state index is -0.462. The highest BCUT2D eigenvalue weighted by atomic mass is 32.2. The Bertz CT molecular complexity index is 579. The molecule has 0 radical (unpaired) electrons. The smallest absolute Gasteiger partial charge is 0.245 e. The number of nitrogens with one attached hydrogen (secondary N) is 1. The second kappa shape index (κ2) is 9.08. The zero-order chi connectivity index (χ0) is 17.5. The van der Waals surface area contributed by atoms with E-state index in [1.165, 1.54) is 18.1 Å². The molecular formula is C18H26N2O3S. The van der Waals surface area contributed by atoms with Crippen molar-refractivity contribution in [1.29, 1.82) is 0 Å². The molecule has 5 nitrogen and oxygen atoms in total.